The molecule has 3 aliphatic rings. The lowest BCUT2D eigenvalue weighted by Gasteiger charge is -2.39. The molecule has 6 N–H and O–H groups in total. The van der Waals surface area contributed by atoms with E-state index in [0.717, 1.165) is 12.1 Å². The molecule has 2 fully saturated rings. The molecule has 4 heterocycles. The van der Waals surface area contributed by atoms with E-state index in [4.69, 9.17) is 31.8 Å². The first-order valence-corrected chi connectivity index (χ1v) is 15.6. The second-order valence-corrected chi connectivity index (χ2v) is 12.2. The lowest BCUT2D eigenvalue weighted by atomic mass is 9.98. The van der Waals surface area contributed by atoms with Gasteiger partial charge in [0.05, 0.1) is 29.8 Å². The number of carbonyl (C=O) groups is 3. The zero-order valence-corrected chi connectivity index (χ0v) is 26.2. The number of H-pyrrole nitrogens is 1. The molecule has 6 rings (SSSR count). The Hall–Kier alpha value is -4.63. The van der Waals surface area contributed by atoms with Gasteiger partial charge in [0, 0.05) is 43.0 Å². The first-order chi connectivity index (χ1) is 22.5. The van der Waals surface area contributed by atoms with Crippen LogP contribution >= 0.6 is 11.6 Å². The maximum absolute atomic E-state index is 14.8. The summed E-state index contributed by atoms with van der Waals surface area (Å²) in [4.78, 5) is 49.8. The number of rotatable bonds is 4. The summed E-state index contributed by atoms with van der Waals surface area (Å²) in [6.07, 6.45) is -1.13. The Morgan fingerprint density at radius 1 is 1.17 bits per heavy atom. The average molecular weight is 674 g/mol. The van der Waals surface area contributed by atoms with Crippen LogP contribution < -0.4 is 16.4 Å². The van der Waals surface area contributed by atoms with Gasteiger partial charge in [-0.2, -0.15) is 0 Å². The Morgan fingerprint density at radius 2 is 1.94 bits per heavy atom. The molecule has 250 valence electrons. The Kier molecular flexibility index (Phi) is 9.10. The smallest absolute Gasteiger partial charge is 0.411 e. The molecule has 0 saturated carbocycles. The molecule has 2 saturated heterocycles. The van der Waals surface area contributed by atoms with Crippen molar-refractivity contribution in [3.05, 3.63) is 58.4 Å². The van der Waals surface area contributed by atoms with Crippen LogP contribution in [0, 0.1) is 11.6 Å². The van der Waals surface area contributed by atoms with Crippen LogP contribution in [0.2, 0.25) is 5.02 Å². The second-order valence-electron chi connectivity index (χ2n) is 11.8. The van der Waals surface area contributed by atoms with Crippen LogP contribution in [0.3, 0.4) is 0 Å². The average Bonchev–Trinajstić information content (AvgIpc) is 3.41. The van der Waals surface area contributed by atoms with E-state index in [1.807, 2.05) is 0 Å². The van der Waals surface area contributed by atoms with Gasteiger partial charge in [-0.25, -0.2) is 23.4 Å². The Bertz CT molecular complexity index is 1700. The molecular formula is C31H34ClF2N7O6. The van der Waals surface area contributed by atoms with E-state index in [1.165, 1.54) is 12.0 Å². The molecule has 0 aliphatic carbocycles. The van der Waals surface area contributed by atoms with Gasteiger partial charge in [0.1, 0.15) is 35.3 Å². The lowest BCUT2D eigenvalue weighted by molar-refractivity contribution is -0.142. The zero-order valence-electron chi connectivity index (χ0n) is 25.4. The summed E-state index contributed by atoms with van der Waals surface area (Å²) < 4.78 is 39.7. The number of likely N-dealkylation sites (tertiary alicyclic amines) is 1. The third-order valence-corrected chi connectivity index (χ3v) is 8.97. The maximum atomic E-state index is 14.8. The summed E-state index contributed by atoms with van der Waals surface area (Å²) in [6, 6.07) is 5.78. The number of β-amino-alcohol motifs (C(OH)–C–C–N with tert-alkyl or cyclic N) is 1. The number of aliphatic hydroxyl groups is 1. The number of cyclic esters (lactones) is 1. The molecule has 3 amide bonds. The summed E-state index contributed by atoms with van der Waals surface area (Å²) in [5.41, 5.74) is 7.78. The highest BCUT2D eigenvalue weighted by atomic mass is 35.5. The number of nitrogens with zero attached hydrogens (tertiary/aromatic N) is 3. The first kappa shape index (κ1) is 32.3. The summed E-state index contributed by atoms with van der Waals surface area (Å²) >= 11 is 5.88. The molecule has 1 aromatic heterocycles. The molecule has 47 heavy (non-hydrogen) atoms. The minimum Gasteiger partial charge on any atom is -0.453 e. The number of nitrogen functional groups attached to an aromatic ring is 1. The van der Waals surface area contributed by atoms with Gasteiger partial charge in [-0.1, -0.05) is 24.4 Å². The van der Waals surface area contributed by atoms with Crippen molar-refractivity contribution in [1.82, 2.24) is 19.8 Å². The number of methoxy groups -OCH3 is 1. The Labute approximate surface area is 273 Å². The number of imidazole rings is 1. The van der Waals surface area contributed by atoms with Crippen LogP contribution in [0.4, 0.5) is 35.6 Å². The summed E-state index contributed by atoms with van der Waals surface area (Å²) in [7, 11) is 1.24. The van der Waals surface area contributed by atoms with Crippen molar-refractivity contribution in [2.75, 3.05) is 43.1 Å². The molecule has 16 heteroatoms. The monoisotopic (exact) mass is 673 g/mol. The van der Waals surface area contributed by atoms with E-state index in [9.17, 15) is 28.3 Å². The molecule has 0 radical (unpaired) electrons. The largest absolute Gasteiger partial charge is 0.453 e. The molecule has 3 aromatic rings. The Morgan fingerprint density at radius 3 is 2.66 bits per heavy atom. The fraction of sp³-hybridized carbons (Fsp3) is 0.419. The number of aromatic nitrogens is 2. The van der Waals surface area contributed by atoms with E-state index >= 15 is 0 Å². The predicted octanol–water partition coefficient (Wildman–Crippen LogP) is 4.95. The number of ether oxygens (including phenoxy) is 2. The van der Waals surface area contributed by atoms with E-state index in [2.05, 4.69) is 15.6 Å². The fourth-order valence-electron chi connectivity index (χ4n) is 6.23. The minimum atomic E-state index is -1.17. The van der Waals surface area contributed by atoms with Crippen LogP contribution in [0.25, 0.3) is 11.3 Å². The number of nitrogens with two attached hydrogens (primary N) is 1. The first-order valence-electron chi connectivity index (χ1n) is 15.2. The van der Waals surface area contributed by atoms with Crippen molar-refractivity contribution in [1.29, 1.82) is 0 Å². The van der Waals surface area contributed by atoms with Crippen molar-refractivity contribution in [2.45, 2.75) is 56.4 Å². The van der Waals surface area contributed by atoms with Crippen LogP contribution in [0.15, 0.2) is 30.3 Å². The number of anilines is 3. The summed E-state index contributed by atoms with van der Waals surface area (Å²) in [5, 5.41) is 15.5. The SMILES string of the molecule is COC(=O)Nc1ccc2c(c1)N[C@@H](C(=O)N1CC(O)C1)CCCC[C@H](N1CCC(c3c(F)ccc(Cl)c3F)OC1=O)c1nc-2c(N)[nH]1. The highest BCUT2D eigenvalue weighted by Gasteiger charge is 2.39. The van der Waals surface area contributed by atoms with Crippen LogP contribution in [0.1, 0.15) is 55.6 Å². The van der Waals surface area contributed by atoms with Gasteiger partial charge in [-0.15, -0.1) is 0 Å². The molecular weight excluding hydrogens is 640 g/mol. The molecule has 2 aromatic carbocycles. The van der Waals surface area contributed by atoms with Crippen molar-refractivity contribution in [2.24, 2.45) is 0 Å². The molecule has 0 spiro atoms. The highest BCUT2D eigenvalue weighted by molar-refractivity contribution is 6.30. The number of hydrogen-bond donors (Lipinski definition) is 5. The molecule has 1 unspecified atom stereocenters. The molecule has 3 atom stereocenters. The van der Waals surface area contributed by atoms with Gasteiger partial charge in [0.25, 0.3) is 0 Å². The van der Waals surface area contributed by atoms with E-state index in [-0.39, 0.29) is 42.8 Å². The van der Waals surface area contributed by atoms with Gasteiger partial charge < -0.3 is 35.5 Å². The number of carbonyl (C=O) groups excluding carboxylic acids is 3. The van der Waals surface area contributed by atoms with Gasteiger partial charge in [-0.05, 0) is 43.2 Å². The van der Waals surface area contributed by atoms with Crippen molar-refractivity contribution in [3.63, 3.8) is 0 Å². The summed E-state index contributed by atoms with van der Waals surface area (Å²) in [5.74, 6) is -1.44. The maximum Gasteiger partial charge on any atom is 0.411 e. The topological polar surface area (TPSA) is 175 Å². The van der Waals surface area contributed by atoms with Crippen LogP contribution in [-0.4, -0.2) is 81.9 Å². The number of aromatic amines is 1. The highest BCUT2D eigenvalue weighted by Crippen LogP contribution is 2.40. The number of nitrogens with one attached hydrogen (secondary N) is 3. The zero-order chi connectivity index (χ0) is 33.4. The molecule has 2 bridgehead atoms. The normalized spacial score (nSPS) is 21.7. The third kappa shape index (κ3) is 6.49. The van der Waals surface area contributed by atoms with E-state index in [0.29, 0.717) is 54.1 Å². The third-order valence-electron chi connectivity index (χ3n) is 8.68. The van der Waals surface area contributed by atoms with Crippen molar-refractivity contribution >= 4 is 46.9 Å². The molecule has 13 nitrogen and oxygen atoms in total. The molecule has 3 aliphatic heterocycles. The quantitative estimate of drug-likeness (QED) is 0.240. The van der Waals surface area contributed by atoms with Crippen molar-refractivity contribution < 1.29 is 37.7 Å². The standard InChI is InChI=1S/C31H34ClF2N7O6/c1-46-30(44)36-15-6-7-17-21(12-15)37-20(29(43)40-13-16(42)14-40)4-2-3-5-22(28-38-26(17)27(35)39-28)41-11-10-23(47-31(41)45)24-19(33)9-8-18(32)25(24)34/h6-9,12,16,20,22-23,37,42H,2-5,10-11,13-14,35H2,1H3,(H,36,44)(H,38,39)/t20-,22+,23?/m1/s1. The minimum absolute atomic E-state index is 0.0977. The van der Waals surface area contributed by atoms with Gasteiger partial charge >= 0.3 is 12.2 Å². The van der Waals surface area contributed by atoms with Crippen molar-refractivity contribution in [3.8, 4) is 11.3 Å². The number of amides is 3. The number of halogens is 3. The van der Waals surface area contributed by atoms with Crippen LogP contribution in [-0.2, 0) is 14.3 Å². The number of fused-ring (bicyclic) bond motifs is 4. The van der Waals surface area contributed by atoms with E-state index < -0.39 is 53.7 Å². The van der Waals surface area contributed by atoms with Crippen LogP contribution in [0.5, 0.6) is 0 Å². The second kappa shape index (κ2) is 13.2. The fourth-order valence-corrected chi connectivity index (χ4v) is 6.40. The predicted molar refractivity (Wildman–Crippen MR) is 168 cm³/mol. The van der Waals surface area contributed by atoms with Gasteiger partial charge in [0.15, 0.2) is 5.82 Å². The lowest BCUT2D eigenvalue weighted by Crippen LogP contribution is -2.57. The number of benzene rings is 2. The summed E-state index contributed by atoms with van der Waals surface area (Å²) in [6.45, 7) is 0.563. The Balaban J connectivity index is 1.33. The number of aliphatic hydroxyl groups excluding tert-OH is 1. The number of hydrogen-bond acceptors (Lipinski definition) is 9. The van der Waals surface area contributed by atoms with Gasteiger partial charge in [0.2, 0.25) is 5.91 Å². The van der Waals surface area contributed by atoms with E-state index in [1.54, 1.807) is 23.1 Å². The van der Waals surface area contributed by atoms with Gasteiger partial charge in [-0.3, -0.25) is 15.0 Å².